The third-order valence-electron chi connectivity index (χ3n) is 5.64. The fourth-order valence-corrected chi connectivity index (χ4v) is 4.95. The number of sulfonamides is 1. The lowest BCUT2D eigenvalue weighted by Crippen LogP contribution is -2.34. The Morgan fingerprint density at radius 3 is 2.23 bits per heavy atom. The Kier molecular flexibility index (Phi) is 5.69. The average molecular weight is 436 g/mol. The van der Waals surface area contributed by atoms with Gasteiger partial charge in [-0.3, -0.25) is 9.10 Å². The first kappa shape index (κ1) is 20.9. The molecule has 0 radical (unpaired) electrons. The Bertz CT molecular complexity index is 1180. The van der Waals surface area contributed by atoms with Crippen molar-refractivity contribution < 1.29 is 13.2 Å². The van der Waals surface area contributed by atoms with Crippen LogP contribution in [-0.4, -0.2) is 46.4 Å². The summed E-state index contributed by atoms with van der Waals surface area (Å²) >= 11 is 0. The topological polar surface area (TPSA) is 60.9 Å². The molecule has 0 bridgehead atoms. The lowest BCUT2D eigenvalue weighted by Gasteiger charge is -2.22. The summed E-state index contributed by atoms with van der Waals surface area (Å²) in [7, 11) is -0.164. The van der Waals surface area contributed by atoms with Gasteiger partial charge in [-0.15, -0.1) is 0 Å². The number of nitrogens with zero attached hydrogens (tertiary/aromatic N) is 3. The highest BCUT2D eigenvalue weighted by Gasteiger charge is 2.24. The van der Waals surface area contributed by atoms with Crippen molar-refractivity contribution >= 4 is 27.3 Å². The summed E-state index contributed by atoms with van der Waals surface area (Å²) in [5, 5.41) is 0. The highest BCUT2D eigenvalue weighted by atomic mass is 32.2. The average Bonchev–Trinajstić information content (AvgIpc) is 2.98. The van der Waals surface area contributed by atoms with E-state index in [0.717, 1.165) is 17.8 Å². The van der Waals surface area contributed by atoms with E-state index >= 15 is 0 Å². The normalized spacial score (nSPS) is 14.0. The fourth-order valence-electron chi connectivity index (χ4n) is 3.75. The largest absolute Gasteiger partial charge is 0.373 e. The third kappa shape index (κ3) is 4.14. The molecule has 4 rings (SSSR count). The quantitative estimate of drug-likeness (QED) is 0.628. The van der Waals surface area contributed by atoms with Crippen molar-refractivity contribution in [2.24, 2.45) is 0 Å². The minimum absolute atomic E-state index is 0.106. The van der Waals surface area contributed by atoms with Gasteiger partial charge in [-0.2, -0.15) is 0 Å². The predicted octanol–water partition coefficient (Wildman–Crippen LogP) is 3.60. The van der Waals surface area contributed by atoms with Gasteiger partial charge in [-0.1, -0.05) is 36.4 Å². The van der Waals surface area contributed by atoms with Gasteiger partial charge in [-0.05, 0) is 48.0 Å². The standard InChI is InChI=1S/C24H25N3O3S/c1-25-16-17-27(18-20-8-6-7-11-23(20)25)24(28)19-12-14-22(15-13-19)31(29,30)26(2)21-9-4-3-5-10-21/h3-15H,16-18H2,1-2H3. The maximum atomic E-state index is 13.1. The number of anilines is 2. The van der Waals surface area contributed by atoms with Gasteiger partial charge >= 0.3 is 0 Å². The summed E-state index contributed by atoms with van der Waals surface area (Å²) in [5.41, 5.74) is 3.28. The number of rotatable bonds is 4. The van der Waals surface area contributed by atoms with E-state index in [0.29, 0.717) is 24.3 Å². The minimum atomic E-state index is -3.71. The molecule has 0 aromatic heterocycles. The van der Waals surface area contributed by atoms with Crippen molar-refractivity contribution in [1.82, 2.24) is 4.90 Å². The zero-order chi connectivity index (χ0) is 22.0. The van der Waals surface area contributed by atoms with Gasteiger partial charge in [0, 0.05) is 45.0 Å². The maximum Gasteiger partial charge on any atom is 0.264 e. The van der Waals surface area contributed by atoms with E-state index in [1.807, 2.05) is 36.2 Å². The van der Waals surface area contributed by atoms with Gasteiger partial charge < -0.3 is 9.80 Å². The monoisotopic (exact) mass is 435 g/mol. The van der Waals surface area contributed by atoms with Crippen molar-refractivity contribution in [1.29, 1.82) is 0 Å². The molecule has 0 saturated carbocycles. The molecule has 0 aliphatic carbocycles. The number of fused-ring (bicyclic) bond motifs is 1. The van der Waals surface area contributed by atoms with Gasteiger partial charge in [0.25, 0.3) is 15.9 Å². The van der Waals surface area contributed by atoms with Crippen LogP contribution in [0.4, 0.5) is 11.4 Å². The van der Waals surface area contributed by atoms with Crippen LogP contribution in [-0.2, 0) is 16.6 Å². The molecule has 1 amide bonds. The first-order chi connectivity index (χ1) is 14.9. The molecular formula is C24H25N3O3S. The minimum Gasteiger partial charge on any atom is -0.373 e. The van der Waals surface area contributed by atoms with Crippen LogP contribution in [0.3, 0.4) is 0 Å². The molecule has 3 aromatic carbocycles. The van der Waals surface area contributed by atoms with E-state index < -0.39 is 10.0 Å². The molecule has 0 spiro atoms. The number of hydrogen-bond acceptors (Lipinski definition) is 4. The number of likely N-dealkylation sites (N-methyl/N-ethyl adjacent to an activating group) is 1. The zero-order valence-electron chi connectivity index (χ0n) is 17.6. The van der Waals surface area contributed by atoms with Crippen LogP contribution in [0.2, 0.25) is 0 Å². The summed E-state index contributed by atoms with van der Waals surface area (Å²) in [4.78, 5) is 17.2. The van der Waals surface area contributed by atoms with Crippen LogP contribution < -0.4 is 9.21 Å². The molecule has 31 heavy (non-hydrogen) atoms. The van der Waals surface area contributed by atoms with Gasteiger partial charge in [0.1, 0.15) is 0 Å². The number of amides is 1. The molecule has 7 heteroatoms. The number of benzene rings is 3. The third-order valence-corrected chi connectivity index (χ3v) is 7.44. The molecular weight excluding hydrogens is 410 g/mol. The van der Waals surface area contributed by atoms with Crippen LogP contribution in [0.1, 0.15) is 15.9 Å². The molecule has 160 valence electrons. The van der Waals surface area contributed by atoms with Gasteiger partial charge in [0.15, 0.2) is 0 Å². The van der Waals surface area contributed by atoms with E-state index in [4.69, 9.17) is 0 Å². The smallest absolute Gasteiger partial charge is 0.264 e. The molecule has 0 unspecified atom stereocenters. The Morgan fingerprint density at radius 1 is 0.871 bits per heavy atom. The Balaban J connectivity index is 1.55. The number of carbonyl (C=O) groups excluding carboxylic acids is 1. The molecule has 6 nitrogen and oxygen atoms in total. The molecule has 0 N–H and O–H groups in total. The SMILES string of the molecule is CN1CCN(C(=O)c2ccc(S(=O)(=O)N(C)c3ccccc3)cc2)Cc2ccccc21. The fraction of sp³-hybridized carbons (Fsp3) is 0.208. The number of para-hydroxylation sites is 2. The summed E-state index contributed by atoms with van der Waals surface area (Å²) in [6.07, 6.45) is 0. The molecule has 3 aromatic rings. The lowest BCUT2D eigenvalue weighted by atomic mass is 10.1. The second-order valence-electron chi connectivity index (χ2n) is 7.61. The predicted molar refractivity (Wildman–Crippen MR) is 123 cm³/mol. The highest BCUT2D eigenvalue weighted by Crippen LogP contribution is 2.25. The Hall–Kier alpha value is -3.32. The van der Waals surface area contributed by atoms with E-state index in [1.165, 1.54) is 23.5 Å². The van der Waals surface area contributed by atoms with Gasteiger partial charge in [0.2, 0.25) is 0 Å². The van der Waals surface area contributed by atoms with E-state index in [9.17, 15) is 13.2 Å². The highest BCUT2D eigenvalue weighted by molar-refractivity contribution is 7.92. The Morgan fingerprint density at radius 2 is 1.52 bits per heavy atom. The van der Waals surface area contributed by atoms with Gasteiger partial charge in [-0.25, -0.2) is 8.42 Å². The van der Waals surface area contributed by atoms with Crippen LogP contribution in [0.15, 0.2) is 83.8 Å². The van der Waals surface area contributed by atoms with E-state index in [-0.39, 0.29) is 10.8 Å². The lowest BCUT2D eigenvalue weighted by molar-refractivity contribution is 0.0751. The molecule has 0 fully saturated rings. The summed E-state index contributed by atoms with van der Waals surface area (Å²) in [6.45, 7) is 1.86. The van der Waals surface area contributed by atoms with Crippen LogP contribution in [0.25, 0.3) is 0 Å². The van der Waals surface area contributed by atoms with Crippen LogP contribution in [0.5, 0.6) is 0 Å². The summed E-state index contributed by atoms with van der Waals surface area (Å²) < 4.78 is 27.2. The number of hydrogen-bond donors (Lipinski definition) is 0. The number of carbonyl (C=O) groups is 1. The van der Waals surface area contributed by atoms with Crippen molar-refractivity contribution in [2.45, 2.75) is 11.4 Å². The second kappa shape index (κ2) is 8.43. The van der Waals surface area contributed by atoms with Crippen LogP contribution in [0, 0.1) is 0 Å². The molecule has 1 aliphatic rings. The molecule has 0 saturated heterocycles. The van der Waals surface area contributed by atoms with E-state index in [1.54, 1.807) is 36.4 Å². The van der Waals surface area contributed by atoms with Crippen molar-refractivity contribution in [3.63, 3.8) is 0 Å². The molecule has 0 atom stereocenters. The molecule has 1 aliphatic heterocycles. The van der Waals surface area contributed by atoms with Crippen molar-refractivity contribution in [3.8, 4) is 0 Å². The summed E-state index contributed by atoms with van der Waals surface area (Å²) in [5.74, 6) is -0.106. The van der Waals surface area contributed by atoms with Crippen molar-refractivity contribution in [2.75, 3.05) is 36.4 Å². The van der Waals surface area contributed by atoms with Crippen LogP contribution >= 0.6 is 0 Å². The maximum absolute atomic E-state index is 13.1. The molecule has 1 heterocycles. The Labute approximate surface area is 183 Å². The van der Waals surface area contributed by atoms with Gasteiger partial charge in [0.05, 0.1) is 10.6 Å². The second-order valence-corrected chi connectivity index (χ2v) is 9.58. The van der Waals surface area contributed by atoms with Crippen molar-refractivity contribution in [3.05, 3.63) is 90.0 Å². The first-order valence-electron chi connectivity index (χ1n) is 10.1. The van der Waals surface area contributed by atoms with E-state index in [2.05, 4.69) is 11.0 Å². The zero-order valence-corrected chi connectivity index (χ0v) is 18.4. The first-order valence-corrected chi connectivity index (χ1v) is 11.5. The summed E-state index contributed by atoms with van der Waals surface area (Å²) in [6, 6.07) is 23.2.